The molecule has 2 rings (SSSR count). The summed E-state index contributed by atoms with van der Waals surface area (Å²) in [5.74, 6) is 0.808. The number of rotatable bonds is 4. The molecule has 1 saturated heterocycles. The van der Waals surface area contributed by atoms with E-state index in [1.807, 2.05) is 35.6 Å². The minimum absolute atomic E-state index is 0.164. The van der Waals surface area contributed by atoms with E-state index in [9.17, 15) is 4.79 Å². The van der Waals surface area contributed by atoms with Gasteiger partial charge in [-0.1, -0.05) is 0 Å². The maximum absolute atomic E-state index is 12.6. The van der Waals surface area contributed by atoms with Crippen LogP contribution in [0.25, 0.3) is 0 Å². The molecule has 0 saturated carbocycles. The number of carbonyl (C=O) groups excluding carboxylic acids is 1. The van der Waals surface area contributed by atoms with Crippen molar-refractivity contribution in [2.45, 2.75) is 26.7 Å². The number of piperidine rings is 1. The highest BCUT2D eigenvalue weighted by atomic mass is 16.2. The van der Waals surface area contributed by atoms with Crippen molar-refractivity contribution in [1.29, 1.82) is 0 Å². The summed E-state index contributed by atoms with van der Waals surface area (Å²) in [6.45, 7) is 7.93. The molecule has 1 aliphatic rings. The maximum Gasteiger partial charge on any atom is 0.270 e. The number of hydrogen-bond acceptors (Lipinski definition) is 2. The van der Waals surface area contributed by atoms with Crippen LogP contribution in [0.2, 0.25) is 0 Å². The smallest absolute Gasteiger partial charge is 0.270 e. The average Bonchev–Trinajstić information content (AvgIpc) is 2.77. The molecule has 0 bridgehead atoms. The summed E-state index contributed by atoms with van der Waals surface area (Å²) >= 11 is 0. The highest BCUT2D eigenvalue weighted by Gasteiger charge is 2.22. The molecule has 1 aromatic heterocycles. The molecule has 0 unspecified atom stereocenters. The van der Waals surface area contributed by atoms with E-state index >= 15 is 0 Å². The van der Waals surface area contributed by atoms with E-state index in [-0.39, 0.29) is 5.91 Å². The van der Waals surface area contributed by atoms with E-state index in [0.29, 0.717) is 5.92 Å². The molecular weight excluding hydrogens is 238 g/mol. The van der Waals surface area contributed by atoms with Crippen LogP contribution in [0.5, 0.6) is 0 Å². The second-order valence-electron chi connectivity index (χ2n) is 5.46. The first kappa shape index (κ1) is 14.1. The number of carbonyl (C=O) groups is 1. The molecule has 1 N–H and O–H groups in total. The van der Waals surface area contributed by atoms with E-state index in [1.54, 1.807) is 0 Å². The molecule has 1 amide bonds. The Hall–Kier alpha value is -1.29. The Morgan fingerprint density at radius 1 is 1.42 bits per heavy atom. The summed E-state index contributed by atoms with van der Waals surface area (Å²) in [6.07, 6.45) is 2.35. The van der Waals surface area contributed by atoms with Gasteiger partial charge < -0.3 is 14.8 Å². The van der Waals surface area contributed by atoms with Gasteiger partial charge in [0.1, 0.15) is 5.69 Å². The predicted octanol–water partition coefficient (Wildman–Crippen LogP) is 1.80. The average molecular weight is 263 g/mol. The van der Waals surface area contributed by atoms with Crippen LogP contribution in [0.1, 0.15) is 35.9 Å². The van der Waals surface area contributed by atoms with E-state index < -0.39 is 0 Å². The Morgan fingerprint density at radius 3 is 2.63 bits per heavy atom. The summed E-state index contributed by atoms with van der Waals surface area (Å²) in [6, 6.07) is 3.94. The van der Waals surface area contributed by atoms with Crippen molar-refractivity contribution in [3.05, 3.63) is 23.5 Å². The topological polar surface area (TPSA) is 37.3 Å². The van der Waals surface area contributed by atoms with Crippen LogP contribution in [-0.2, 0) is 7.05 Å². The minimum Gasteiger partial charge on any atom is -0.344 e. The molecule has 4 heteroatoms. The molecule has 4 nitrogen and oxygen atoms in total. The summed E-state index contributed by atoms with van der Waals surface area (Å²) in [4.78, 5) is 14.6. The number of amides is 1. The van der Waals surface area contributed by atoms with Gasteiger partial charge in [0.05, 0.1) is 0 Å². The number of nitrogens with one attached hydrogen (secondary N) is 1. The standard InChI is InChI=1S/C15H25N3O/c1-4-18(11-13-7-9-16-10-8-13)15(19)14-6-5-12(2)17(14)3/h5-6,13,16H,4,7-11H2,1-3H3. The van der Waals surface area contributed by atoms with E-state index in [1.165, 1.54) is 12.8 Å². The molecule has 19 heavy (non-hydrogen) atoms. The zero-order chi connectivity index (χ0) is 13.8. The fourth-order valence-electron chi connectivity index (χ4n) is 2.72. The Bertz CT molecular complexity index is 433. The molecular formula is C15H25N3O. The molecule has 1 aromatic rings. The molecule has 2 heterocycles. The van der Waals surface area contributed by atoms with Crippen molar-refractivity contribution in [1.82, 2.24) is 14.8 Å². The molecule has 0 spiro atoms. The fourth-order valence-corrected chi connectivity index (χ4v) is 2.72. The summed E-state index contributed by atoms with van der Waals surface area (Å²) in [7, 11) is 1.96. The third-order valence-electron chi connectivity index (χ3n) is 4.20. The number of aryl methyl sites for hydroxylation is 1. The van der Waals surface area contributed by atoms with Crippen molar-refractivity contribution in [2.75, 3.05) is 26.2 Å². The van der Waals surface area contributed by atoms with Crippen LogP contribution >= 0.6 is 0 Å². The van der Waals surface area contributed by atoms with Crippen molar-refractivity contribution in [3.8, 4) is 0 Å². The summed E-state index contributed by atoms with van der Waals surface area (Å²) in [5, 5.41) is 3.37. The zero-order valence-electron chi connectivity index (χ0n) is 12.3. The van der Waals surface area contributed by atoms with Gasteiger partial charge in [-0.2, -0.15) is 0 Å². The first-order valence-electron chi connectivity index (χ1n) is 7.25. The van der Waals surface area contributed by atoms with Crippen molar-refractivity contribution >= 4 is 5.91 Å². The Balaban J connectivity index is 2.04. The third kappa shape index (κ3) is 3.18. The summed E-state index contributed by atoms with van der Waals surface area (Å²) < 4.78 is 1.98. The Morgan fingerprint density at radius 2 is 2.11 bits per heavy atom. The SMILES string of the molecule is CCN(CC1CCNCC1)C(=O)c1ccc(C)n1C. The normalized spacial score (nSPS) is 16.6. The van der Waals surface area contributed by atoms with E-state index in [4.69, 9.17) is 0 Å². The molecule has 0 aliphatic carbocycles. The van der Waals surface area contributed by atoms with Gasteiger partial charge >= 0.3 is 0 Å². The first-order valence-corrected chi connectivity index (χ1v) is 7.25. The first-order chi connectivity index (χ1) is 9.13. The highest BCUT2D eigenvalue weighted by molar-refractivity contribution is 5.92. The molecule has 1 aliphatic heterocycles. The lowest BCUT2D eigenvalue weighted by Crippen LogP contribution is -2.39. The Labute approximate surface area is 115 Å². The van der Waals surface area contributed by atoms with E-state index in [0.717, 1.165) is 37.6 Å². The third-order valence-corrected chi connectivity index (χ3v) is 4.20. The fraction of sp³-hybridized carbons (Fsp3) is 0.667. The molecule has 0 atom stereocenters. The lowest BCUT2D eigenvalue weighted by molar-refractivity contribution is 0.0717. The van der Waals surface area contributed by atoms with Gasteiger partial charge in [0.2, 0.25) is 0 Å². The number of aromatic nitrogens is 1. The van der Waals surface area contributed by atoms with E-state index in [2.05, 4.69) is 12.2 Å². The highest BCUT2D eigenvalue weighted by Crippen LogP contribution is 2.16. The van der Waals surface area contributed by atoms with Crippen LogP contribution in [-0.4, -0.2) is 41.6 Å². The molecule has 1 fully saturated rings. The van der Waals surface area contributed by atoms with Crippen LogP contribution in [0.3, 0.4) is 0 Å². The monoisotopic (exact) mass is 263 g/mol. The summed E-state index contributed by atoms with van der Waals surface area (Å²) in [5.41, 5.74) is 1.93. The molecule has 0 radical (unpaired) electrons. The quantitative estimate of drug-likeness (QED) is 0.899. The molecule has 0 aromatic carbocycles. The van der Waals surface area contributed by atoms with Gasteiger partial charge in [0, 0.05) is 25.8 Å². The Kier molecular flexibility index (Phi) is 4.64. The second-order valence-corrected chi connectivity index (χ2v) is 5.46. The van der Waals surface area contributed by atoms with Gasteiger partial charge in [-0.15, -0.1) is 0 Å². The lowest BCUT2D eigenvalue weighted by Gasteiger charge is -2.29. The lowest BCUT2D eigenvalue weighted by atomic mass is 9.97. The van der Waals surface area contributed by atoms with Gasteiger partial charge in [-0.25, -0.2) is 0 Å². The van der Waals surface area contributed by atoms with Crippen molar-refractivity contribution < 1.29 is 4.79 Å². The number of hydrogen-bond donors (Lipinski definition) is 1. The zero-order valence-corrected chi connectivity index (χ0v) is 12.3. The van der Waals surface area contributed by atoms with Crippen LogP contribution in [0.15, 0.2) is 12.1 Å². The molecule has 106 valence electrons. The minimum atomic E-state index is 0.164. The number of nitrogens with zero attached hydrogens (tertiary/aromatic N) is 2. The second kappa shape index (κ2) is 6.24. The van der Waals surface area contributed by atoms with Crippen LogP contribution < -0.4 is 5.32 Å². The van der Waals surface area contributed by atoms with Gasteiger partial charge in [-0.3, -0.25) is 4.79 Å². The van der Waals surface area contributed by atoms with Gasteiger partial charge in [0.25, 0.3) is 5.91 Å². The predicted molar refractivity (Wildman–Crippen MR) is 77.3 cm³/mol. The van der Waals surface area contributed by atoms with Crippen LogP contribution in [0, 0.1) is 12.8 Å². The van der Waals surface area contributed by atoms with Crippen molar-refractivity contribution in [3.63, 3.8) is 0 Å². The van der Waals surface area contributed by atoms with Gasteiger partial charge in [0.15, 0.2) is 0 Å². The largest absolute Gasteiger partial charge is 0.344 e. The van der Waals surface area contributed by atoms with Gasteiger partial charge in [-0.05, 0) is 57.8 Å². The van der Waals surface area contributed by atoms with Crippen LogP contribution in [0.4, 0.5) is 0 Å². The van der Waals surface area contributed by atoms with Crippen molar-refractivity contribution in [2.24, 2.45) is 13.0 Å². The maximum atomic E-state index is 12.6.